The van der Waals surface area contributed by atoms with Crippen molar-refractivity contribution in [3.8, 4) is 0 Å². The Morgan fingerprint density at radius 3 is 1.62 bits per heavy atom. The van der Waals surface area contributed by atoms with Gasteiger partial charge in [0.2, 0.25) is 0 Å². The van der Waals surface area contributed by atoms with Gasteiger partial charge >= 0.3 is 0 Å². The molecule has 0 spiro atoms. The van der Waals surface area contributed by atoms with E-state index in [4.69, 9.17) is 0 Å². The van der Waals surface area contributed by atoms with Gasteiger partial charge in [-0.2, -0.15) is 0 Å². The van der Waals surface area contributed by atoms with Gasteiger partial charge in [0, 0.05) is 7.49 Å². The lowest BCUT2D eigenvalue weighted by Crippen LogP contribution is -2.01. The van der Waals surface area contributed by atoms with E-state index in [9.17, 15) is 17.6 Å². The maximum atomic E-state index is 12.3. The summed E-state index contributed by atoms with van der Waals surface area (Å²) in [7, 11) is 0. The topological polar surface area (TPSA) is 26.0 Å². The van der Waals surface area contributed by atoms with E-state index < -0.39 is 29.0 Å². The molecule has 1 aromatic carbocycles. The number of nitrogen functional groups attached to an aromatic ring is 1. The molecule has 1 rings (SSSR count). The fourth-order valence-corrected chi connectivity index (χ4v) is 0.592. The molecular formula is C8H11F4N. The zero-order chi connectivity index (χ0) is 10.6. The summed E-state index contributed by atoms with van der Waals surface area (Å²) >= 11 is 0. The molecule has 0 atom stereocenters. The summed E-state index contributed by atoms with van der Waals surface area (Å²) < 4.78 is 48.8. The van der Waals surface area contributed by atoms with E-state index in [0.717, 1.165) is 0 Å². The summed E-state index contributed by atoms with van der Waals surface area (Å²) in [6.07, 6.45) is 0. The second kappa shape index (κ2) is 4.69. The highest BCUT2D eigenvalue weighted by molar-refractivity contribution is 5.41. The van der Waals surface area contributed by atoms with Crippen molar-refractivity contribution in [2.75, 3.05) is 5.73 Å². The number of hydrogen-bond donors (Lipinski definition) is 1. The molecule has 0 amide bonds. The number of rotatable bonds is 0. The standard InChI is InChI=1S/C6H3F4N.C2H6.H2/c7-2-1-3(8)5(10)6(11)4(2)9;1-2;/h1H,11H2;1-2H3;1H. The molecule has 0 aliphatic heterocycles. The van der Waals surface area contributed by atoms with Crippen molar-refractivity contribution < 1.29 is 19.0 Å². The zero-order valence-corrected chi connectivity index (χ0v) is 7.17. The van der Waals surface area contributed by atoms with Crippen LogP contribution in [0.15, 0.2) is 6.07 Å². The first-order chi connectivity index (χ1) is 6.04. The molecule has 1 nitrogen and oxygen atoms in total. The summed E-state index contributed by atoms with van der Waals surface area (Å²) in [5.41, 5.74) is 3.52. The van der Waals surface area contributed by atoms with E-state index in [1.165, 1.54) is 0 Å². The molecule has 76 valence electrons. The molecule has 0 saturated heterocycles. The van der Waals surface area contributed by atoms with Gasteiger partial charge < -0.3 is 5.73 Å². The smallest absolute Gasteiger partial charge is 0.184 e. The predicted octanol–water partition coefficient (Wildman–Crippen LogP) is 3.10. The number of hydrogen-bond acceptors (Lipinski definition) is 1. The van der Waals surface area contributed by atoms with Crippen LogP contribution in [0.4, 0.5) is 23.2 Å². The molecule has 5 heteroatoms. The number of halogens is 4. The average Bonchev–Trinajstić information content (AvgIpc) is 2.15. The quantitative estimate of drug-likeness (QED) is 0.386. The van der Waals surface area contributed by atoms with Gasteiger partial charge in [0.25, 0.3) is 0 Å². The van der Waals surface area contributed by atoms with Crippen LogP contribution in [0.3, 0.4) is 0 Å². The molecular weight excluding hydrogens is 186 g/mol. The first-order valence-corrected chi connectivity index (χ1v) is 3.62. The highest BCUT2D eigenvalue weighted by Crippen LogP contribution is 2.20. The summed E-state index contributed by atoms with van der Waals surface area (Å²) in [6, 6.07) is 0.0982. The molecule has 0 fully saturated rings. The number of benzene rings is 1. The van der Waals surface area contributed by atoms with Crippen LogP contribution in [-0.2, 0) is 0 Å². The largest absolute Gasteiger partial charge is 0.394 e. The number of anilines is 1. The molecule has 0 aromatic heterocycles. The second-order valence-electron chi connectivity index (χ2n) is 1.88. The van der Waals surface area contributed by atoms with Gasteiger partial charge in [-0.1, -0.05) is 13.8 Å². The third-order valence-electron chi connectivity index (χ3n) is 1.15. The van der Waals surface area contributed by atoms with Crippen molar-refractivity contribution in [3.63, 3.8) is 0 Å². The SMILES string of the molecule is CC.Nc1c(F)c(F)cc(F)c1F.[HH]. The maximum absolute atomic E-state index is 12.3. The Labute approximate surface area is 74.7 Å². The van der Waals surface area contributed by atoms with Crippen LogP contribution in [0.25, 0.3) is 0 Å². The Kier molecular flexibility index (Phi) is 4.23. The molecule has 0 radical (unpaired) electrons. The molecule has 0 aliphatic rings. The lowest BCUT2D eigenvalue weighted by atomic mass is 10.3. The number of nitrogens with two attached hydrogens (primary N) is 1. The Morgan fingerprint density at radius 2 is 1.31 bits per heavy atom. The molecule has 2 N–H and O–H groups in total. The first kappa shape index (κ1) is 11.7. The second-order valence-corrected chi connectivity index (χ2v) is 1.88. The predicted molar refractivity (Wildman–Crippen MR) is 44.1 cm³/mol. The van der Waals surface area contributed by atoms with E-state index >= 15 is 0 Å². The minimum absolute atomic E-state index is 0. The van der Waals surface area contributed by atoms with Crippen LogP contribution in [0.2, 0.25) is 0 Å². The van der Waals surface area contributed by atoms with E-state index in [-0.39, 0.29) is 7.49 Å². The van der Waals surface area contributed by atoms with Crippen molar-refractivity contribution >= 4 is 5.69 Å². The van der Waals surface area contributed by atoms with E-state index in [0.29, 0.717) is 0 Å². The molecule has 0 saturated carbocycles. The molecule has 1 aromatic rings. The Balaban J connectivity index is 0. The third-order valence-corrected chi connectivity index (χ3v) is 1.15. The average molecular weight is 197 g/mol. The Bertz CT molecular complexity index is 278. The fourth-order valence-electron chi connectivity index (χ4n) is 0.592. The van der Waals surface area contributed by atoms with Gasteiger partial charge in [-0.15, -0.1) is 0 Å². The van der Waals surface area contributed by atoms with Crippen LogP contribution >= 0.6 is 0 Å². The van der Waals surface area contributed by atoms with E-state index in [1.54, 1.807) is 0 Å². The monoisotopic (exact) mass is 197 g/mol. The zero-order valence-electron chi connectivity index (χ0n) is 7.17. The lowest BCUT2D eigenvalue weighted by Gasteiger charge is -1.99. The summed E-state index contributed by atoms with van der Waals surface area (Å²) in [5, 5.41) is 0. The van der Waals surface area contributed by atoms with Gasteiger partial charge in [-0.25, -0.2) is 17.6 Å². The highest BCUT2D eigenvalue weighted by Gasteiger charge is 2.15. The summed E-state index contributed by atoms with van der Waals surface area (Å²) in [6.45, 7) is 4.00. The highest BCUT2D eigenvalue weighted by atomic mass is 19.2. The molecule has 0 heterocycles. The van der Waals surface area contributed by atoms with Crippen LogP contribution in [0.5, 0.6) is 0 Å². The van der Waals surface area contributed by atoms with Gasteiger partial charge in [0.1, 0.15) is 5.69 Å². The van der Waals surface area contributed by atoms with Crippen LogP contribution in [0.1, 0.15) is 15.3 Å². The summed E-state index contributed by atoms with van der Waals surface area (Å²) in [4.78, 5) is 0. The van der Waals surface area contributed by atoms with Crippen LogP contribution in [0, 0.1) is 23.3 Å². The van der Waals surface area contributed by atoms with Crippen molar-refractivity contribution in [2.45, 2.75) is 13.8 Å². The molecule has 0 bridgehead atoms. The van der Waals surface area contributed by atoms with Crippen molar-refractivity contribution in [2.24, 2.45) is 0 Å². The lowest BCUT2D eigenvalue weighted by molar-refractivity contribution is 0.460. The van der Waals surface area contributed by atoms with Crippen molar-refractivity contribution in [1.29, 1.82) is 0 Å². The van der Waals surface area contributed by atoms with Crippen LogP contribution < -0.4 is 5.73 Å². The molecule has 0 unspecified atom stereocenters. The van der Waals surface area contributed by atoms with Gasteiger partial charge in [-0.3, -0.25) is 0 Å². The van der Waals surface area contributed by atoms with Crippen molar-refractivity contribution in [1.82, 2.24) is 0 Å². The van der Waals surface area contributed by atoms with Crippen molar-refractivity contribution in [3.05, 3.63) is 29.3 Å². The van der Waals surface area contributed by atoms with Gasteiger partial charge in [0.05, 0.1) is 0 Å². The Morgan fingerprint density at radius 1 is 1.00 bits per heavy atom. The van der Waals surface area contributed by atoms with Gasteiger partial charge in [0.15, 0.2) is 23.3 Å². The minimum Gasteiger partial charge on any atom is -0.394 e. The first-order valence-electron chi connectivity index (χ1n) is 3.62. The molecule has 0 aliphatic carbocycles. The van der Waals surface area contributed by atoms with Gasteiger partial charge in [-0.05, 0) is 0 Å². The third kappa shape index (κ3) is 2.34. The van der Waals surface area contributed by atoms with E-state index in [2.05, 4.69) is 5.73 Å². The normalized spacial score (nSPS) is 9.08. The maximum Gasteiger partial charge on any atom is 0.184 e. The Hall–Kier alpha value is -1.26. The fraction of sp³-hybridized carbons (Fsp3) is 0.250. The minimum atomic E-state index is -1.57. The molecule has 13 heavy (non-hydrogen) atoms. The van der Waals surface area contributed by atoms with E-state index in [1.807, 2.05) is 13.8 Å². The summed E-state index contributed by atoms with van der Waals surface area (Å²) in [5.74, 6) is -6.13. The van der Waals surface area contributed by atoms with Crippen LogP contribution in [-0.4, -0.2) is 0 Å².